The second-order valence-corrected chi connectivity index (χ2v) is 4.65. The van der Waals surface area contributed by atoms with Crippen molar-refractivity contribution in [1.29, 1.82) is 0 Å². The molecule has 0 amide bonds. The first kappa shape index (κ1) is 11.8. The van der Waals surface area contributed by atoms with E-state index in [2.05, 4.69) is 4.98 Å². The number of Topliss-reactive ketones (excluding diaryl/α,β-unsaturated/α-hetero) is 1. The molecular weight excluding hydrogens is 234 g/mol. The number of para-hydroxylation sites is 1. The van der Waals surface area contributed by atoms with Crippen molar-refractivity contribution < 1.29 is 9.53 Å². The van der Waals surface area contributed by atoms with Gasteiger partial charge in [0, 0.05) is 10.9 Å². The molecule has 17 heavy (non-hydrogen) atoms. The SMILES string of the molecule is COc1ccccc1-c1csc(CC(C)=O)n1. The van der Waals surface area contributed by atoms with Crippen molar-refractivity contribution in [3.8, 4) is 17.0 Å². The van der Waals surface area contributed by atoms with Crippen molar-refractivity contribution in [3.05, 3.63) is 34.7 Å². The van der Waals surface area contributed by atoms with Crippen LogP contribution in [0.2, 0.25) is 0 Å². The molecule has 4 heteroatoms. The number of ketones is 1. The molecule has 2 aromatic rings. The number of carbonyl (C=O) groups excluding carboxylic acids is 1. The van der Waals surface area contributed by atoms with E-state index in [0.717, 1.165) is 22.0 Å². The summed E-state index contributed by atoms with van der Waals surface area (Å²) in [5.41, 5.74) is 1.82. The second-order valence-electron chi connectivity index (χ2n) is 3.71. The average Bonchev–Trinajstić information content (AvgIpc) is 2.76. The van der Waals surface area contributed by atoms with E-state index in [-0.39, 0.29) is 5.78 Å². The van der Waals surface area contributed by atoms with Gasteiger partial charge in [-0.3, -0.25) is 4.79 Å². The average molecular weight is 247 g/mol. The van der Waals surface area contributed by atoms with Crippen LogP contribution in [0.25, 0.3) is 11.3 Å². The molecule has 1 aromatic carbocycles. The summed E-state index contributed by atoms with van der Waals surface area (Å²) >= 11 is 1.50. The predicted octanol–water partition coefficient (Wildman–Crippen LogP) is 2.95. The summed E-state index contributed by atoms with van der Waals surface area (Å²) in [7, 11) is 1.64. The Kier molecular flexibility index (Phi) is 3.54. The van der Waals surface area contributed by atoms with Crippen molar-refractivity contribution >= 4 is 17.1 Å². The van der Waals surface area contributed by atoms with Crippen molar-refractivity contribution in [3.63, 3.8) is 0 Å². The smallest absolute Gasteiger partial charge is 0.136 e. The molecule has 0 aliphatic heterocycles. The van der Waals surface area contributed by atoms with Crippen LogP contribution in [0.3, 0.4) is 0 Å². The second kappa shape index (κ2) is 5.10. The molecule has 88 valence electrons. The zero-order valence-electron chi connectivity index (χ0n) is 9.77. The maximum Gasteiger partial charge on any atom is 0.136 e. The molecule has 0 radical (unpaired) electrons. The van der Waals surface area contributed by atoms with E-state index in [1.54, 1.807) is 14.0 Å². The highest BCUT2D eigenvalue weighted by molar-refractivity contribution is 7.10. The third-order valence-corrected chi connectivity index (χ3v) is 3.18. The summed E-state index contributed by atoms with van der Waals surface area (Å²) in [5, 5.41) is 2.80. The van der Waals surface area contributed by atoms with Crippen LogP contribution in [0.4, 0.5) is 0 Å². The van der Waals surface area contributed by atoms with Crippen LogP contribution in [-0.4, -0.2) is 17.9 Å². The van der Waals surface area contributed by atoms with Crippen molar-refractivity contribution in [1.82, 2.24) is 4.98 Å². The third-order valence-electron chi connectivity index (χ3n) is 2.33. The van der Waals surface area contributed by atoms with E-state index >= 15 is 0 Å². The molecule has 0 saturated carbocycles. The number of nitrogens with zero attached hydrogens (tertiary/aromatic N) is 1. The summed E-state index contributed by atoms with van der Waals surface area (Å²) in [6, 6.07) is 7.73. The predicted molar refractivity (Wildman–Crippen MR) is 68.5 cm³/mol. The van der Waals surface area contributed by atoms with E-state index in [4.69, 9.17) is 4.74 Å². The molecule has 1 heterocycles. The van der Waals surface area contributed by atoms with Gasteiger partial charge in [0.2, 0.25) is 0 Å². The van der Waals surface area contributed by atoms with Gasteiger partial charge in [-0.1, -0.05) is 12.1 Å². The van der Waals surface area contributed by atoms with Gasteiger partial charge in [-0.05, 0) is 19.1 Å². The van der Waals surface area contributed by atoms with Crippen molar-refractivity contribution in [2.45, 2.75) is 13.3 Å². The zero-order chi connectivity index (χ0) is 12.3. The van der Waals surface area contributed by atoms with Crippen LogP contribution in [0, 0.1) is 0 Å². The number of methoxy groups -OCH3 is 1. The molecular formula is C13H13NO2S. The zero-order valence-corrected chi connectivity index (χ0v) is 10.6. The summed E-state index contributed by atoms with van der Waals surface area (Å²) in [5.74, 6) is 0.929. The third kappa shape index (κ3) is 2.71. The Balaban J connectivity index is 2.33. The lowest BCUT2D eigenvalue weighted by Crippen LogP contribution is -1.95. The molecule has 0 aliphatic carbocycles. The number of aromatic nitrogens is 1. The Bertz CT molecular complexity index is 534. The van der Waals surface area contributed by atoms with Gasteiger partial charge < -0.3 is 4.74 Å². The number of rotatable bonds is 4. The topological polar surface area (TPSA) is 39.2 Å². The first-order valence-corrected chi connectivity index (χ1v) is 6.16. The molecule has 0 N–H and O–H groups in total. The van der Waals surface area contributed by atoms with Crippen LogP contribution < -0.4 is 4.74 Å². The van der Waals surface area contributed by atoms with Gasteiger partial charge in [0.05, 0.1) is 19.2 Å². The minimum Gasteiger partial charge on any atom is -0.496 e. The molecule has 0 bridgehead atoms. The highest BCUT2D eigenvalue weighted by Crippen LogP contribution is 2.30. The number of carbonyl (C=O) groups is 1. The van der Waals surface area contributed by atoms with Gasteiger partial charge in [0.1, 0.15) is 16.5 Å². The maximum atomic E-state index is 11.0. The van der Waals surface area contributed by atoms with E-state index < -0.39 is 0 Å². The van der Waals surface area contributed by atoms with Crippen LogP contribution >= 0.6 is 11.3 Å². The standard InChI is InChI=1S/C13H13NO2S/c1-9(15)7-13-14-11(8-17-13)10-5-3-4-6-12(10)16-2/h3-6,8H,7H2,1-2H3. The molecule has 0 unspecified atom stereocenters. The maximum absolute atomic E-state index is 11.0. The normalized spacial score (nSPS) is 10.2. The summed E-state index contributed by atoms with van der Waals surface area (Å²) in [4.78, 5) is 15.5. The van der Waals surface area contributed by atoms with Crippen molar-refractivity contribution in [2.75, 3.05) is 7.11 Å². The number of hydrogen-bond donors (Lipinski definition) is 0. The highest BCUT2D eigenvalue weighted by atomic mass is 32.1. The fourth-order valence-corrected chi connectivity index (χ4v) is 2.45. The Hall–Kier alpha value is -1.68. The Morgan fingerprint density at radius 1 is 1.41 bits per heavy atom. The molecule has 0 fully saturated rings. The fraction of sp³-hybridized carbons (Fsp3) is 0.231. The number of ether oxygens (including phenoxy) is 1. The summed E-state index contributed by atoms with van der Waals surface area (Å²) in [6.45, 7) is 1.57. The first-order valence-electron chi connectivity index (χ1n) is 5.28. The molecule has 0 spiro atoms. The summed E-state index contributed by atoms with van der Waals surface area (Å²) < 4.78 is 5.29. The van der Waals surface area contributed by atoms with Crippen LogP contribution in [0.15, 0.2) is 29.6 Å². The van der Waals surface area contributed by atoms with Gasteiger partial charge in [0.25, 0.3) is 0 Å². The largest absolute Gasteiger partial charge is 0.496 e. The van der Waals surface area contributed by atoms with E-state index in [1.165, 1.54) is 11.3 Å². The fourth-order valence-electron chi connectivity index (χ4n) is 1.59. The lowest BCUT2D eigenvalue weighted by molar-refractivity contribution is -0.116. The van der Waals surface area contributed by atoms with Gasteiger partial charge in [-0.25, -0.2) is 4.98 Å². The molecule has 0 aliphatic rings. The van der Waals surface area contributed by atoms with Gasteiger partial charge in [0.15, 0.2) is 0 Å². The van der Waals surface area contributed by atoms with Crippen LogP contribution in [-0.2, 0) is 11.2 Å². The van der Waals surface area contributed by atoms with E-state index in [0.29, 0.717) is 6.42 Å². The Morgan fingerprint density at radius 2 is 2.18 bits per heavy atom. The lowest BCUT2D eigenvalue weighted by atomic mass is 10.1. The molecule has 3 nitrogen and oxygen atoms in total. The highest BCUT2D eigenvalue weighted by Gasteiger charge is 2.10. The molecule has 1 aromatic heterocycles. The van der Waals surface area contributed by atoms with Crippen LogP contribution in [0.1, 0.15) is 11.9 Å². The van der Waals surface area contributed by atoms with Gasteiger partial charge in [-0.15, -0.1) is 11.3 Å². The molecule has 0 saturated heterocycles. The summed E-state index contributed by atoms with van der Waals surface area (Å²) in [6.07, 6.45) is 0.403. The van der Waals surface area contributed by atoms with Gasteiger partial charge in [-0.2, -0.15) is 0 Å². The first-order chi connectivity index (χ1) is 8.20. The van der Waals surface area contributed by atoms with Crippen molar-refractivity contribution in [2.24, 2.45) is 0 Å². The minimum absolute atomic E-state index is 0.130. The van der Waals surface area contributed by atoms with E-state index in [9.17, 15) is 4.79 Å². The number of thiazole rings is 1. The minimum atomic E-state index is 0.130. The quantitative estimate of drug-likeness (QED) is 0.833. The van der Waals surface area contributed by atoms with Crippen LogP contribution in [0.5, 0.6) is 5.75 Å². The Morgan fingerprint density at radius 3 is 2.88 bits per heavy atom. The van der Waals surface area contributed by atoms with Gasteiger partial charge >= 0.3 is 0 Å². The lowest BCUT2D eigenvalue weighted by Gasteiger charge is -2.04. The monoisotopic (exact) mass is 247 g/mol. The van der Waals surface area contributed by atoms with E-state index in [1.807, 2.05) is 29.6 Å². The Labute approximate surface area is 104 Å². The molecule has 2 rings (SSSR count). The number of hydrogen-bond acceptors (Lipinski definition) is 4. The molecule has 0 atom stereocenters. The number of benzene rings is 1.